The van der Waals surface area contributed by atoms with E-state index in [2.05, 4.69) is 0 Å². The van der Waals surface area contributed by atoms with Gasteiger partial charge in [0.2, 0.25) is 0 Å². The highest BCUT2D eigenvalue weighted by Gasteiger charge is 2.51. The van der Waals surface area contributed by atoms with Gasteiger partial charge in [-0.2, -0.15) is 0 Å². The Hall–Kier alpha value is -1.91. The summed E-state index contributed by atoms with van der Waals surface area (Å²) < 4.78 is 10.7. The van der Waals surface area contributed by atoms with Gasteiger partial charge in [0.1, 0.15) is 17.5 Å². The summed E-state index contributed by atoms with van der Waals surface area (Å²) in [6, 6.07) is 8.78. The van der Waals surface area contributed by atoms with Gasteiger partial charge in [0.25, 0.3) is 0 Å². The van der Waals surface area contributed by atoms with Gasteiger partial charge in [-0.05, 0) is 31.2 Å². The summed E-state index contributed by atoms with van der Waals surface area (Å²) in [6.07, 6.45) is 5.15. The highest BCUT2D eigenvalue weighted by molar-refractivity contribution is 5.90. The lowest BCUT2D eigenvalue weighted by Gasteiger charge is -2.26. The van der Waals surface area contributed by atoms with E-state index in [9.17, 15) is 9.90 Å². The Labute approximate surface area is 117 Å². The molecular weight excluding hydrogens is 256 g/mol. The maximum Gasteiger partial charge on any atom is 0.343 e. The molecule has 3 rings (SSSR count). The van der Waals surface area contributed by atoms with Crippen LogP contribution in [0, 0.1) is 0 Å². The second-order valence-electron chi connectivity index (χ2n) is 5.18. The smallest absolute Gasteiger partial charge is 0.343 e. The third-order valence-electron chi connectivity index (χ3n) is 3.56. The summed E-state index contributed by atoms with van der Waals surface area (Å²) in [4.78, 5) is 12.0. The number of benzene rings is 1. The highest BCUT2D eigenvalue weighted by Crippen LogP contribution is 2.39. The van der Waals surface area contributed by atoms with Crippen molar-refractivity contribution in [2.24, 2.45) is 0 Å². The van der Waals surface area contributed by atoms with Crippen molar-refractivity contribution in [3.63, 3.8) is 0 Å². The first kappa shape index (κ1) is 13.1. The number of rotatable bonds is 3. The fourth-order valence-corrected chi connectivity index (χ4v) is 2.45. The van der Waals surface area contributed by atoms with Crippen molar-refractivity contribution in [2.75, 3.05) is 0 Å². The highest BCUT2D eigenvalue weighted by atomic mass is 16.6. The molecule has 1 saturated heterocycles. The van der Waals surface area contributed by atoms with Gasteiger partial charge in [0, 0.05) is 6.42 Å². The summed E-state index contributed by atoms with van der Waals surface area (Å²) in [5.41, 5.74) is -0.594. The normalized spacial score (nSPS) is 31.6. The van der Waals surface area contributed by atoms with Gasteiger partial charge in [0.05, 0.1) is 11.7 Å². The summed E-state index contributed by atoms with van der Waals surface area (Å²) >= 11 is 0. The maximum absolute atomic E-state index is 12.0. The van der Waals surface area contributed by atoms with Gasteiger partial charge in [-0.15, -0.1) is 0 Å². The molecule has 1 aliphatic carbocycles. The molecule has 1 aromatic rings. The van der Waals surface area contributed by atoms with Crippen molar-refractivity contribution in [1.29, 1.82) is 0 Å². The van der Waals surface area contributed by atoms with Gasteiger partial charge < -0.3 is 14.6 Å². The molecule has 1 aromatic carbocycles. The molecule has 3 unspecified atom stereocenters. The molecule has 0 radical (unpaired) electrons. The van der Waals surface area contributed by atoms with Crippen LogP contribution in [0.25, 0.3) is 0 Å². The lowest BCUT2D eigenvalue weighted by molar-refractivity contribution is 0.0337. The van der Waals surface area contributed by atoms with Crippen LogP contribution >= 0.6 is 0 Å². The Morgan fingerprint density at radius 1 is 1.40 bits per heavy atom. The number of carbonyl (C=O) groups is 1. The van der Waals surface area contributed by atoms with E-state index in [1.165, 1.54) is 0 Å². The number of ether oxygens (including phenoxy) is 2. The van der Waals surface area contributed by atoms with E-state index in [1.54, 1.807) is 42.5 Å². The van der Waals surface area contributed by atoms with E-state index in [-0.39, 0.29) is 18.6 Å². The van der Waals surface area contributed by atoms with Crippen LogP contribution in [-0.2, 0) is 9.47 Å². The predicted molar refractivity (Wildman–Crippen MR) is 73.0 cm³/mol. The molecule has 3 atom stereocenters. The third kappa shape index (κ3) is 2.53. The number of hydrogen-bond donors (Lipinski definition) is 1. The average Bonchev–Trinajstić information content (AvgIpc) is 3.18. The number of hydrogen-bond acceptors (Lipinski definition) is 4. The fraction of sp³-hybridized carbons (Fsp3) is 0.312. The van der Waals surface area contributed by atoms with Crippen LogP contribution in [0.3, 0.4) is 0 Å². The zero-order chi connectivity index (χ0) is 14.2. The van der Waals surface area contributed by atoms with Crippen LogP contribution in [-0.4, -0.2) is 28.9 Å². The second kappa shape index (κ2) is 4.89. The zero-order valence-electron chi connectivity index (χ0n) is 11.2. The molecule has 4 nitrogen and oxygen atoms in total. The second-order valence-corrected chi connectivity index (χ2v) is 5.18. The molecule has 0 amide bonds. The molecule has 1 heterocycles. The number of carbonyl (C=O) groups excluding carboxylic acids is 1. The SMILES string of the molecule is CC1OC1C1(O)C=CC=C(OC(=O)c2ccccc2)C1. The van der Waals surface area contributed by atoms with Crippen LogP contribution in [0.2, 0.25) is 0 Å². The Balaban J connectivity index is 1.68. The van der Waals surface area contributed by atoms with Crippen LogP contribution in [0.15, 0.2) is 54.3 Å². The molecule has 20 heavy (non-hydrogen) atoms. The monoisotopic (exact) mass is 272 g/mol. The molecule has 2 aliphatic rings. The quantitative estimate of drug-likeness (QED) is 0.677. The molecule has 1 N–H and O–H groups in total. The molecule has 0 saturated carbocycles. The minimum absolute atomic E-state index is 0.0359. The van der Waals surface area contributed by atoms with E-state index in [0.29, 0.717) is 11.3 Å². The Kier molecular flexibility index (Phi) is 3.20. The summed E-state index contributed by atoms with van der Waals surface area (Å²) in [5, 5.41) is 10.5. The van der Waals surface area contributed by atoms with Crippen molar-refractivity contribution < 1.29 is 19.4 Å². The summed E-state index contributed by atoms with van der Waals surface area (Å²) in [5.74, 6) is 0.0332. The minimum atomic E-state index is -1.08. The Morgan fingerprint density at radius 3 is 2.75 bits per heavy atom. The van der Waals surface area contributed by atoms with Crippen LogP contribution < -0.4 is 0 Å². The molecule has 0 aromatic heterocycles. The molecule has 0 bridgehead atoms. The summed E-state index contributed by atoms with van der Waals surface area (Å²) in [6.45, 7) is 1.91. The van der Waals surface area contributed by atoms with Crippen molar-refractivity contribution in [2.45, 2.75) is 31.2 Å². The van der Waals surface area contributed by atoms with Crippen molar-refractivity contribution >= 4 is 5.97 Å². The Morgan fingerprint density at radius 2 is 2.10 bits per heavy atom. The lowest BCUT2D eigenvalue weighted by Crippen LogP contribution is -2.36. The van der Waals surface area contributed by atoms with Gasteiger partial charge in [-0.1, -0.05) is 24.3 Å². The molecular formula is C16H16O4. The number of aliphatic hydroxyl groups is 1. The third-order valence-corrected chi connectivity index (χ3v) is 3.56. The average molecular weight is 272 g/mol. The lowest BCUT2D eigenvalue weighted by atomic mass is 9.89. The molecule has 4 heteroatoms. The van der Waals surface area contributed by atoms with Gasteiger partial charge >= 0.3 is 5.97 Å². The maximum atomic E-state index is 12.0. The molecule has 104 valence electrons. The molecule has 0 spiro atoms. The first-order chi connectivity index (χ1) is 9.58. The molecule has 1 aliphatic heterocycles. The van der Waals surface area contributed by atoms with Crippen molar-refractivity contribution in [1.82, 2.24) is 0 Å². The topological polar surface area (TPSA) is 59.1 Å². The first-order valence-corrected chi connectivity index (χ1v) is 6.62. The van der Waals surface area contributed by atoms with E-state index in [0.717, 1.165) is 0 Å². The fourth-order valence-electron chi connectivity index (χ4n) is 2.45. The predicted octanol–water partition coefficient (Wildman–Crippen LogP) is 2.21. The van der Waals surface area contributed by atoms with Crippen LogP contribution in [0.1, 0.15) is 23.7 Å². The van der Waals surface area contributed by atoms with E-state index in [4.69, 9.17) is 9.47 Å². The number of allylic oxidation sites excluding steroid dienone is 2. The van der Waals surface area contributed by atoms with Crippen LogP contribution in [0.4, 0.5) is 0 Å². The van der Waals surface area contributed by atoms with Crippen molar-refractivity contribution in [3.8, 4) is 0 Å². The number of esters is 1. The van der Waals surface area contributed by atoms with Gasteiger partial charge in [-0.3, -0.25) is 0 Å². The largest absolute Gasteiger partial charge is 0.427 e. The van der Waals surface area contributed by atoms with E-state index >= 15 is 0 Å². The van der Waals surface area contributed by atoms with Crippen molar-refractivity contribution in [3.05, 3.63) is 59.9 Å². The van der Waals surface area contributed by atoms with E-state index in [1.807, 2.05) is 13.0 Å². The minimum Gasteiger partial charge on any atom is -0.427 e. The molecule has 1 fully saturated rings. The number of epoxide rings is 1. The van der Waals surface area contributed by atoms with Crippen LogP contribution in [0.5, 0.6) is 0 Å². The Bertz CT molecular complexity index is 575. The summed E-state index contributed by atoms with van der Waals surface area (Å²) in [7, 11) is 0. The van der Waals surface area contributed by atoms with E-state index < -0.39 is 11.6 Å². The van der Waals surface area contributed by atoms with Gasteiger partial charge in [0.15, 0.2) is 0 Å². The first-order valence-electron chi connectivity index (χ1n) is 6.62. The zero-order valence-corrected chi connectivity index (χ0v) is 11.2. The van der Waals surface area contributed by atoms with Gasteiger partial charge in [-0.25, -0.2) is 4.79 Å². The standard InChI is InChI=1S/C16H16O4/c1-11-14(19-11)16(18)9-5-8-13(10-16)20-15(17)12-6-3-2-4-7-12/h2-9,11,14,18H,10H2,1H3.